The number of carbonyl (C=O) groups excluding carboxylic acids is 2. The number of amides is 3. The van der Waals surface area contributed by atoms with Crippen LogP contribution in [0.15, 0.2) is 41.2 Å². The van der Waals surface area contributed by atoms with E-state index in [2.05, 4.69) is 10.3 Å². The lowest BCUT2D eigenvalue weighted by atomic mass is 10.2. The highest BCUT2D eigenvalue weighted by Crippen LogP contribution is 2.27. The van der Waals surface area contributed by atoms with Crippen molar-refractivity contribution in [2.75, 3.05) is 4.90 Å². The summed E-state index contributed by atoms with van der Waals surface area (Å²) >= 11 is 0. The predicted molar refractivity (Wildman–Crippen MR) is 103 cm³/mol. The number of hydrogen-bond acceptors (Lipinski definition) is 6. The van der Waals surface area contributed by atoms with Crippen LogP contribution in [-0.4, -0.2) is 42.9 Å². The number of phenols is 1. The Hall–Kier alpha value is -3.62. The quantitative estimate of drug-likeness (QED) is 0.666. The first kappa shape index (κ1) is 18.7. The van der Waals surface area contributed by atoms with Crippen LogP contribution in [-0.2, 0) is 17.9 Å². The van der Waals surface area contributed by atoms with E-state index in [1.807, 2.05) is 13.8 Å². The van der Waals surface area contributed by atoms with Crippen molar-refractivity contribution in [3.8, 4) is 5.75 Å². The Kier molecular flexibility index (Phi) is 4.57. The molecule has 1 aliphatic rings. The number of imide groups is 1. The highest BCUT2D eigenvalue weighted by atomic mass is 16.5. The Morgan fingerprint density at radius 2 is 2.00 bits per heavy atom. The van der Waals surface area contributed by atoms with Gasteiger partial charge in [-0.15, -0.1) is 0 Å². The number of rotatable bonds is 5. The van der Waals surface area contributed by atoms with Crippen LogP contribution in [0.5, 0.6) is 5.75 Å². The minimum absolute atomic E-state index is 0.116. The van der Waals surface area contributed by atoms with Crippen LogP contribution in [0.1, 0.15) is 29.5 Å². The van der Waals surface area contributed by atoms with Crippen molar-refractivity contribution in [1.29, 1.82) is 0 Å². The third-order valence-corrected chi connectivity index (χ3v) is 5.12. The number of hydrogen-bond donors (Lipinski definition) is 1. The molecule has 0 radical (unpaired) electrons. The highest BCUT2D eigenvalue weighted by molar-refractivity contribution is 6.21. The first-order valence-electron chi connectivity index (χ1n) is 9.22. The Morgan fingerprint density at radius 3 is 2.69 bits per heavy atom. The van der Waals surface area contributed by atoms with Gasteiger partial charge in [0, 0.05) is 18.3 Å². The molecule has 9 heteroatoms. The molecule has 3 heterocycles. The minimum atomic E-state index is -0.615. The van der Waals surface area contributed by atoms with Gasteiger partial charge in [0.15, 0.2) is 0 Å². The molecule has 1 saturated heterocycles. The van der Waals surface area contributed by atoms with Gasteiger partial charge < -0.3 is 14.5 Å². The molecule has 3 aromatic rings. The summed E-state index contributed by atoms with van der Waals surface area (Å²) in [5.41, 5.74) is 2.85. The van der Waals surface area contributed by atoms with Crippen molar-refractivity contribution < 1.29 is 19.2 Å². The molecule has 29 heavy (non-hydrogen) atoms. The maximum atomic E-state index is 13.0. The number of aryl methyl sites for hydroxylation is 2. The molecule has 1 aromatic carbocycles. The van der Waals surface area contributed by atoms with Crippen LogP contribution in [0, 0.1) is 13.8 Å². The molecule has 0 aliphatic carbocycles. The second kappa shape index (κ2) is 7.08. The van der Waals surface area contributed by atoms with Crippen molar-refractivity contribution >= 4 is 17.6 Å². The fourth-order valence-electron chi connectivity index (χ4n) is 3.45. The van der Waals surface area contributed by atoms with E-state index in [1.165, 1.54) is 11.1 Å². The van der Waals surface area contributed by atoms with Crippen LogP contribution in [0.25, 0.3) is 0 Å². The van der Waals surface area contributed by atoms with Gasteiger partial charge in [0.05, 0.1) is 24.1 Å². The fraction of sp³-hybridized carbons (Fsp3) is 0.300. The average Bonchev–Trinajstić information content (AvgIpc) is 3.32. The second-order valence-electron chi connectivity index (χ2n) is 7.13. The molecule has 2 aromatic heterocycles. The van der Waals surface area contributed by atoms with Crippen molar-refractivity contribution in [3.05, 3.63) is 59.2 Å². The van der Waals surface area contributed by atoms with E-state index >= 15 is 0 Å². The molecule has 1 aliphatic heterocycles. The molecule has 150 valence electrons. The van der Waals surface area contributed by atoms with Gasteiger partial charge >= 0.3 is 6.03 Å². The van der Waals surface area contributed by atoms with Crippen LogP contribution in [0.3, 0.4) is 0 Å². The van der Waals surface area contributed by atoms with E-state index in [0.29, 0.717) is 18.0 Å². The van der Waals surface area contributed by atoms with E-state index in [0.717, 1.165) is 21.7 Å². The Morgan fingerprint density at radius 1 is 1.21 bits per heavy atom. The minimum Gasteiger partial charge on any atom is -0.508 e. The maximum absolute atomic E-state index is 13.0. The average molecular weight is 395 g/mol. The summed E-state index contributed by atoms with van der Waals surface area (Å²) in [6.07, 6.45) is 3.16. The summed E-state index contributed by atoms with van der Waals surface area (Å²) < 4.78 is 6.81. The van der Waals surface area contributed by atoms with Crippen molar-refractivity contribution in [3.63, 3.8) is 0 Å². The van der Waals surface area contributed by atoms with Crippen LogP contribution < -0.4 is 4.90 Å². The summed E-state index contributed by atoms with van der Waals surface area (Å²) in [5, 5.41) is 17.9. The number of aromatic nitrogens is 3. The summed E-state index contributed by atoms with van der Waals surface area (Å²) in [7, 11) is 0. The predicted octanol–water partition coefficient (Wildman–Crippen LogP) is 2.60. The number of carbonyl (C=O) groups is 2. The normalized spacial score (nSPS) is 16.9. The van der Waals surface area contributed by atoms with Gasteiger partial charge in [0.2, 0.25) is 0 Å². The van der Waals surface area contributed by atoms with E-state index in [9.17, 15) is 14.7 Å². The largest absolute Gasteiger partial charge is 0.508 e. The van der Waals surface area contributed by atoms with Gasteiger partial charge in [0.25, 0.3) is 5.91 Å². The zero-order chi connectivity index (χ0) is 20.7. The maximum Gasteiger partial charge on any atom is 0.332 e. The zero-order valence-electron chi connectivity index (χ0n) is 16.4. The molecular weight excluding hydrogens is 374 g/mol. The van der Waals surface area contributed by atoms with Gasteiger partial charge in [-0.2, -0.15) is 5.10 Å². The zero-order valence-corrected chi connectivity index (χ0v) is 16.4. The molecule has 3 amide bonds. The third-order valence-electron chi connectivity index (χ3n) is 5.12. The standard InChI is InChI=1S/C20H21N5O4/c1-12-18(14(3)29-22-12)11-23-10-16(8-21-23)25-19(27)13(2)24(20(25)28)9-15-5-4-6-17(26)7-15/h4-8,10,13,26H,9,11H2,1-3H3/t13-/m0/s1. The van der Waals surface area contributed by atoms with E-state index < -0.39 is 12.1 Å². The summed E-state index contributed by atoms with van der Waals surface area (Å²) in [4.78, 5) is 28.3. The van der Waals surface area contributed by atoms with Crippen molar-refractivity contribution in [2.45, 2.75) is 39.9 Å². The number of benzene rings is 1. The topological polar surface area (TPSA) is 105 Å². The van der Waals surface area contributed by atoms with E-state index in [-0.39, 0.29) is 18.2 Å². The van der Waals surface area contributed by atoms with E-state index in [1.54, 1.807) is 42.1 Å². The number of urea groups is 1. The number of anilines is 1. The second-order valence-corrected chi connectivity index (χ2v) is 7.13. The number of nitrogens with zero attached hydrogens (tertiary/aromatic N) is 5. The molecule has 1 fully saturated rings. The van der Waals surface area contributed by atoms with Gasteiger partial charge in [-0.25, -0.2) is 9.69 Å². The van der Waals surface area contributed by atoms with Crippen LogP contribution in [0.4, 0.5) is 10.5 Å². The summed E-state index contributed by atoms with van der Waals surface area (Å²) in [6, 6.07) is 5.61. The lowest BCUT2D eigenvalue weighted by molar-refractivity contribution is -0.119. The lowest BCUT2D eigenvalue weighted by Gasteiger charge is -2.19. The van der Waals surface area contributed by atoms with E-state index in [4.69, 9.17) is 4.52 Å². The first-order chi connectivity index (χ1) is 13.8. The van der Waals surface area contributed by atoms with Gasteiger partial charge in [-0.3, -0.25) is 9.48 Å². The summed E-state index contributed by atoms with van der Waals surface area (Å²) in [5.74, 6) is 0.511. The molecule has 1 atom stereocenters. The van der Waals surface area contributed by atoms with Crippen molar-refractivity contribution in [1.82, 2.24) is 19.8 Å². The molecule has 4 rings (SSSR count). The fourth-order valence-corrected chi connectivity index (χ4v) is 3.45. The molecule has 0 saturated carbocycles. The third kappa shape index (κ3) is 3.35. The van der Waals surface area contributed by atoms with Gasteiger partial charge in [-0.1, -0.05) is 17.3 Å². The molecule has 0 spiro atoms. The van der Waals surface area contributed by atoms with Crippen LogP contribution >= 0.6 is 0 Å². The van der Waals surface area contributed by atoms with Gasteiger partial charge in [-0.05, 0) is 38.5 Å². The molecule has 0 bridgehead atoms. The highest BCUT2D eigenvalue weighted by Gasteiger charge is 2.43. The Balaban J connectivity index is 1.55. The van der Waals surface area contributed by atoms with Gasteiger partial charge in [0.1, 0.15) is 17.6 Å². The number of aromatic hydroxyl groups is 1. The SMILES string of the molecule is Cc1noc(C)c1Cn1cc(N2C(=O)[C@H](C)N(Cc3cccc(O)c3)C2=O)cn1. The monoisotopic (exact) mass is 395 g/mol. The molecule has 1 N–H and O–H groups in total. The van der Waals surface area contributed by atoms with Crippen molar-refractivity contribution in [2.24, 2.45) is 0 Å². The molecular formula is C20H21N5O4. The Labute approximate surface area is 167 Å². The van der Waals surface area contributed by atoms with Crippen LogP contribution in [0.2, 0.25) is 0 Å². The Bertz CT molecular complexity index is 1070. The smallest absolute Gasteiger partial charge is 0.332 e. The summed E-state index contributed by atoms with van der Waals surface area (Å²) in [6.45, 7) is 6.03. The molecule has 9 nitrogen and oxygen atoms in total. The first-order valence-corrected chi connectivity index (χ1v) is 9.22. The molecule has 0 unspecified atom stereocenters. The lowest BCUT2D eigenvalue weighted by Crippen LogP contribution is -2.33. The number of phenolic OH excluding ortho intramolecular Hbond substituents is 1.